The lowest BCUT2D eigenvalue weighted by molar-refractivity contribution is -0.139. The number of esters is 1. The van der Waals surface area contributed by atoms with Crippen LogP contribution in [0.25, 0.3) is 0 Å². The first-order valence-electron chi connectivity index (χ1n) is 9.44. The summed E-state index contributed by atoms with van der Waals surface area (Å²) < 4.78 is 11.2. The molecule has 28 heavy (non-hydrogen) atoms. The SMILES string of the molecule is C=C/C=C(\C)O[C@@H]1CCC2=C(C(=O)OCc3ccccc3)C=CC(C)(S)C=C21. The number of carbonyl (C=O) groups is 1. The second kappa shape index (κ2) is 8.70. The van der Waals surface area contributed by atoms with Crippen LogP contribution in [0.15, 0.2) is 89.8 Å². The van der Waals surface area contributed by atoms with E-state index in [4.69, 9.17) is 22.1 Å². The summed E-state index contributed by atoms with van der Waals surface area (Å²) in [6, 6.07) is 9.69. The molecular formula is C24H26O3S. The zero-order valence-corrected chi connectivity index (χ0v) is 17.2. The van der Waals surface area contributed by atoms with Gasteiger partial charge in [-0.25, -0.2) is 4.79 Å². The fraction of sp³-hybridized carbons (Fsp3) is 0.292. The number of carbonyl (C=O) groups excluding carboxylic acids is 1. The van der Waals surface area contributed by atoms with Crippen LogP contribution in [0.1, 0.15) is 32.3 Å². The van der Waals surface area contributed by atoms with Gasteiger partial charge in [0.2, 0.25) is 0 Å². The van der Waals surface area contributed by atoms with Gasteiger partial charge < -0.3 is 9.47 Å². The summed E-state index contributed by atoms with van der Waals surface area (Å²) in [6.07, 6.45) is 10.9. The zero-order valence-electron chi connectivity index (χ0n) is 16.4. The number of rotatable bonds is 6. The second-order valence-electron chi connectivity index (χ2n) is 7.27. The standard InChI is InChI=1S/C24H26O3S/c1-4-8-17(2)27-22-12-11-19-20(13-14-24(3,28)15-21(19)22)23(25)26-16-18-9-6-5-7-10-18/h4-10,13-15,22,28H,1,11-12,16H2,2-3H3/b17-8+/t22-,24?/m1/s1. The third kappa shape index (κ3) is 4.87. The average Bonchev–Trinajstić information content (AvgIpc) is 2.95. The van der Waals surface area contributed by atoms with Gasteiger partial charge in [-0.05, 0) is 55.6 Å². The lowest BCUT2D eigenvalue weighted by atomic mass is 10.0. The molecule has 0 radical (unpaired) electrons. The van der Waals surface area contributed by atoms with Crippen molar-refractivity contribution in [2.24, 2.45) is 0 Å². The highest BCUT2D eigenvalue weighted by atomic mass is 32.1. The Kier molecular flexibility index (Phi) is 6.30. The molecule has 2 atom stereocenters. The Hall–Kier alpha value is -2.46. The summed E-state index contributed by atoms with van der Waals surface area (Å²) in [5, 5.41) is 0. The van der Waals surface area contributed by atoms with Gasteiger partial charge in [-0.1, -0.05) is 55.1 Å². The van der Waals surface area contributed by atoms with Crippen LogP contribution in [-0.2, 0) is 20.9 Å². The fourth-order valence-electron chi connectivity index (χ4n) is 3.50. The summed E-state index contributed by atoms with van der Waals surface area (Å²) in [6.45, 7) is 7.87. The molecule has 1 unspecified atom stereocenters. The zero-order chi connectivity index (χ0) is 20.1. The number of ether oxygens (including phenoxy) is 2. The van der Waals surface area contributed by atoms with Gasteiger partial charge >= 0.3 is 5.97 Å². The van der Waals surface area contributed by atoms with Crippen molar-refractivity contribution >= 4 is 18.6 Å². The monoisotopic (exact) mass is 394 g/mol. The summed E-state index contributed by atoms with van der Waals surface area (Å²) in [7, 11) is 0. The first-order chi connectivity index (χ1) is 13.4. The topological polar surface area (TPSA) is 35.5 Å². The highest BCUT2D eigenvalue weighted by Crippen LogP contribution is 2.41. The van der Waals surface area contributed by atoms with Crippen molar-refractivity contribution in [2.75, 3.05) is 0 Å². The van der Waals surface area contributed by atoms with E-state index >= 15 is 0 Å². The molecule has 1 aromatic rings. The third-order valence-corrected chi connectivity index (χ3v) is 5.10. The summed E-state index contributed by atoms with van der Waals surface area (Å²) in [5.41, 5.74) is 3.57. The van der Waals surface area contributed by atoms with Crippen molar-refractivity contribution in [3.8, 4) is 0 Å². The largest absolute Gasteiger partial charge is 0.490 e. The van der Waals surface area contributed by atoms with Crippen LogP contribution in [0.3, 0.4) is 0 Å². The number of thiol groups is 1. The van der Waals surface area contributed by atoms with Crippen molar-refractivity contribution in [3.05, 3.63) is 95.3 Å². The molecule has 0 N–H and O–H groups in total. The quantitative estimate of drug-likeness (QED) is 0.300. The van der Waals surface area contributed by atoms with Gasteiger partial charge in [0.25, 0.3) is 0 Å². The molecule has 0 aromatic heterocycles. The maximum atomic E-state index is 12.9. The minimum absolute atomic E-state index is 0.102. The molecule has 0 bridgehead atoms. The van der Waals surface area contributed by atoms with Gasteiger partial charge in [-0.2, -0.15) is 12.6 Å². The number of hydrogen-bond acceptors (Lipinski definition) is 4. The first-order valence-corrected chi connectivity index (χ1v) is 9.89. The molecule has 1 aromatic carbocycles. The van der Waals surface area contributed by atoms with E-state index in [-0.39, 0.29) is 18.7 Å². The summed E-state index contributed by atoms with van der Waals surface area (Å²) >= 11 is 4.73. The molecule has 1 saturated carbocycles. The molecular weight excluding hydrogens is 368 g/mol. The molecule has 3 nitrogen and oxygen atoms in total. The van der Waals surface area contributed by atoms with E-state index in [1.807, 2.05) is 62.4 Å². The van der Waals surface area contributed by atoms with Gasteiger partial charge in [0.05, 0.1) is 11.3 Å². The van der Waals surface area contributed by atoms with E-state index in [1.54, 1.807) is 6.08 Å². The highest BCUT2D eigenvalue weighted by Gasteiger charge is 2.34. The maximum Gasteiger partial charge on any atom is 0.338 e. The highest BCUT2D eigenvalue weighted by molar-refractivity contribution is 7.82. The maximum absolute atomic E-state index is 12.9. The number of fused-ring (bicyclic) bond motifs is 1. The van der Waals surface area contributed by atoms with Gasteiger partial charge in [-0.15, -0.1) is 0 Å². The Morgan fingerprint density at radius 1 is 1.36 bits per heavy atom. The smallest absolute Gasteiger partial charge is 0.338 e. The van der Waals surface area contributed by atoms with Crippen molar-refractivity contribution in [3.63, 3.8) is 0 Å². The Bertz CT molecular complexity index is 872. The van der Waals surface area contributed by atoms with Crippen molar-refractivity contribution in [1.29, 1.82) is 0 Å². The van der Waals surface area contributed by atoms with E-state index < -0.39 is 4.75 Å². The Labute approximate surface area is 172 Å². The normalized spacial score (nSPS) is 24.3. The lowest BCUT2D eigenvalue weighted by Crippen LogP contribution is -2.15. The summed E-state index contributed by atoms with van der Waals surface area (Å²) in [4.78, 5) is 12.9. The van der Waals surface area contributed by atoms with Crippen molar-refractivity contribution in [1.82, 2.24) is 0 Å². The molecule has 4 heteroatoms. The average molecular weight is 395 g/mol. The van der Waals surface area contributed by atoms with Crippen molar-refractivity contribution < 1.29 is 14.3 Å². The van der Waals surface area contributed by atoms with Crippen LogP contribution in [0.2, 0.25) is 0 Å². The molecule has 3 rings (SSSR count). The van der Waals surface area contributed by atoms with E-state index in [2.05, 4.69) is 12.7 Å². The van der Waals surface area contributed by atoms with Crippen LogP contribution >= 0.6 is 12.6 Å². The van der Waals surface area contributed by atoms with E-state index in [1.165, 1.54) is 0 Å². The second-order valence-corrected chi connectivity index (χ2v) is 8.23. The predicted octanol–water partition coefficient (Wildman–Crippen LogP) is 5.48. The van der Waals surface area contributed by atoms with Crippen molar-refractivity contribution in [2.45, 2.75) is 44.1 Å². The van der Waals surface area contributed by atoms with Gasteiger partial charge in [0.1, 0.15) is 12.7 Å². The summed E-state index contributed by atoms with van der Waals surface area (Å²) in [5.74, 6) is 0.486. The van der Waals surface area contributed by atoms with Gasteiger partial charge in [0.15, 0.2) is 0 Å². The third-order valence-electron chi connectivity index (χ3n) is 4.83. The van der Waals surface area contributed by atoms with Crippen LogP contribution in [0.5, 0.6) is 0 Å². The van der Waals surface area contributed by atoms with Gasteiger partial charge in [0, 0.05) is 4.75 Å². The van der Waals surface area contributed by atoms with Gasteiger partial charge in [-0.3, -0.25) is 0 Å². The van der Waals surface area contributed by atoms with Crippen LogP contribution < -0.4 is 0 Å². The minimum Gasteiger partial charge on any atom is -0.490 e. The number of allylic oxidation sites excluding steroid dienone is 3. The number of benzene rings is 1. The first kappa shape index (κ1) is 20.3. The van der Waals surface area contributed by atoms with E-state index in [0.717, 1.165) is 35.3 Å². The van der Waals surface area contributed by atoms with E-state index in [0.29, 0.717) is 5.57 Å². The molecule has 146 valence electrons. The number of hydrogen-bond donors (Lipinski definition) is 1. The Morgan fingerprint density at radius 3 is 2.82 bits per heavy atom. The van der Waals surface area contributed by atoms with Crippen LogP contribution in [0.4, 0.5) is 0 Å². The molecule has 0 aliphatic heterocycles. The predicted molar refractivity (Wildman–Crippen MR) is 116 cm³/mol. The minimum atomic E-state index is -0.468. The molecule has 1 fully saturated rings. The van der Waals surface area contributed by atoms with Crippen LogP contribution in [0, 0.1) is 0 Å². The molecule has 0 amide bonds. The van der Waals surface area contributed by atoms with Crippen LogP contribution in [-0.4, -0.2) is 16.8 Å². The fourth-order valence-corrected chi connectivity index (χ4v) is 3.71. The molecule has 0 heterocycles. The Balaban J connectivity index is 1.85. The molecule has 2 aliphatic carbocycles. The van der Waals surface area contributed by atoms with E-state index in [9.17, 15) is 4.79 Å². The molecule has 0 saturated heterocycles. The molecule has 0 spiro atoms. The molecule has 2 aliphatic rings. The lowest BCUT2D eigenvalue weighted by Gasteiger charge is -2.20. The Morgan fingerprint density at radius 2 is 2.11 bits per heavy atom.